The molecule has 6 heteroatoms. The SMILES string of the molecule is CC/C=C\C/C=C\C/C=C\C/C=C\C/C=C\CCCC(=O)OC(COC(=O)CCCCCCCCC/C=C\CCCCCCCCCC)COC(=O)CCCCCCCCCCC. The number of allylic oxidation sites excluding steroid dienone is 12. The summed E-state index contributed by atoms with van der Waals surface area (Å²) < 4.78 is 16.7. The van der Waals surface area contributed by atoms with Crippen molar-refractivity contribution in [3.8, 4) is 0 Å². The van der Waals surface area contributed by atoms with Crippen LogP contribution in [0.3, 0.4) is 0 Å². The van der Waals surface area contributed by atoms with Gasteiger partial charge in [0.25, 0.3) is 0 Å². The van der Waals surface area contributed by atoms with Gasteiger partial charge in [0.1, 0.15) is 13.2 Å². The van der Waals surface area contributed by atoms with Gasteiger partial charge < -0.3 is 14.2 Å². The summed E-state index contributed by atoms with van der Waals surface area (Å²) in [5.41, 5.74) is 0. The zero-order chi connectivity index (χ0) is 45.8. The highest BCUT2D eigenvalue weighted by molar-refractivity contribution is 5.71. The Morgan fingerprint density at radius 3 is 1.03 bits per heavy atom. The highest BCUT2D eigenvalue weighted by Gasteiger charge is 2.19. The summed E-state index contributed by atoms with van der Waals surface area (Å²) in [6, 6.07) is 0. The van der Waals surface area contributed by atoms with E-state index in [2.05, 4.69) is 93.7 Å². The Kier molecular flexibility index (Phi) is 48.9. The van der Waals surface area contributed by atoms with E-state index in [1.54, 1.807) is 0 Å². The molecular weight excluding hydrogens is 781 g/mol. The van der Waals surface area contributed by atoms with E-state index in [1.807, 2.05) is 0 Å². The van der Waals surface area contributed by atoms with Crippen molar-refractivity contribution >= 4 is 17.9 Å². The lowest BCUT2D eigenvalue weighted by atomic mass is 10.1. The van der Waals surface area contributed by atoms with Gasteiger partial charge in [0.05, 0.1) is 0 Å². The van der Waals surface area contributed by atoms with Crippen molar-refractivity contribution < 1.29 is 28.6 Å². The molecule has 0 N–H and O–H groups in total. The second-order valence-corrected chi connectivity index (χ2v) is 17.4. The Balaban J connectivity index is 4.39. The number of hydrogen-bond acceptors (Lipinski definition) is 6. The number of ether oxygens (including phenoxy) is 3. The molecular formula is C57H98O6. The van der Waals surface area contributed by atoms with Crippen LogP contribution >= 0.6 is 0 Å². The zero-order valence-corrected chi connectivity index (χ0v) is 41.3. The molecule has 362 valence electrons. The van der Waals surface area contributed by atoms with Crippen LogP contribution in [-0.2, 0) is 28.6 Å². The fourth-order valence-electron chi connectivity index (χ4n) is 7.24. The standard InChI is InChI=1S/C57H98O6/c1-4-7-10-13-16-19-21-23-25-27-28-30-31-33-35-38-41-44-47-50-56(59)62-53-54(52-61-55(58)49-46-43-40-37-18-15-12-9-6-3)63-57(60)51-48-45-42-39-36-34-32-29-26-24-22-20-17-14-11-8-5-2/h8,11,17,20,24,26-28,32,34,39,42,54H,4-7,9-10,12-16,18-19,21-23,25,29-31,33,35-38,40-41,43-53H2,1-3H3/b11-8-,20-17-,26-24-,28-27-,34-32-,42-39-. The Morgan fingerprint density at radius 2 is 0.635 bits per heavy atom. The van der Waals surface area contributed by atoms with Crippen molar-refractivity contribution in [2.24, 2.45) is 0 Å². The average molecular weight is 879 g/mol. The molecule has 0 radical (unpaired) electrons. The maximum atomic E-state index is 12.8. The van der Waals surface area contributed by atoms with Crippen LogP contribution < -0.4 is 0 Å². The minimum Gasteiger partial charge on any atom is -0.462 e. The third kappa shape index (κ3) is 49.7. The van der Waals surface area contributed by atoms with Gasteiger partial charge in [-0.25, -0.2) is 0 Å². The number of rotatable bonds is 47. The van der Waals surface area contributed by atoms with Crippen molar-refractivity contribution in [3.05, 3.63) is 72.9 Å². The van der Waals surface area contributed by atoms with Crippen molar-refractivity contribution in [1.29, 1.82) is 0 Å². The molecule has 0 rings (SSSR count). The van der Waals surface area contributed by atoms with E-state index < -0.39 is 6.10 Å². The van der Waals surface area contributed by atoms with E-state index in [9.17, 15) is 14.4 Å². The predicted octanol–water partition coefficient (Wildman–Crippen LogP) is 17.4. The van der Waals surface area contributed by atoms with Crippen LogP contribution in [0.15, 0.2) is 72.9 Å². The molecule has 6 nitrogen and oxygen atoms in total. The molecule has 0 saturated heterocycles. The highest BCUT2D eigenvalue weighted by Crippen LogP contribution is 2.14. The first-order valence-corrected chi connectivity index (χ1v) is 26.4. The minimum absolute atomic E-state index is 0.0981. The van der Waals surface area contributed by atoms with E-state index in [0.717, 1.165) is 77.0 Å². The summed E-state index contributed by atoms with van der Waals surface area (Å²) in [5, 5.41) is 0. The van der Waals surface area contributed by atoms with Gasteiger partial charge in [-0.3, -0.25) is 14.4 Å². The summed E-state index contributed by atoms with van der Waals surface area (Å²) in [5.74, 6) is -0.961. The molecule has 1 atom stereocenters. The van der Waals surface area contributed by atoms with Crippen LogP contribution in [0, 0.1) is 0 Å². The van der Waals surface area contributed by atoms with Gasteiger partial charge in [-0.15, -0.1) is 0 Å². The largest absolute Gasteiger partial charge is 0.462 e. The van der Waals surface area contributed by atoms with Crippen molar-refractivity contribution in [2.45, 2.75) is 258 Å². The molecule has 0 bridgehead atoms. The lowest BCUT2D eigenvalue weighted by molar-refractivity contribution is -0.167. The van der Waals surface area contributed by atoms with Gasteiger partial charge in [-0.05, 0) is 83.5 Å². The van der Waals surface area contributed by atoms with Crippen LogP contribution in [-0.4, -0.2) is 37.2 Å². The predicted molar refractivity (Wildman–Crippen MR) is 270 cm³/mol. The van der Waals surface area contributed by atoms with Gasteiger partial charge in [0.2, 0.25) is 0 Å². The van der Waals surface area contributed by atoms with Crippen LogP contribution in [0.1, 0.15) is 252 Å². The van der Waals surface area contributed by atoms with Gasteiger partial charge in [-0.2, -0.15) is 0 Å². The van der Waals surface area contributed by atoms with Crippen molar-refractivity contribution in [2.75, 3.05) is 13.2 Å². The van der Waals surface area contributed by atoms with Crippen molar-refractivity contribution in [3.63, 3.8) is 0 Å². The Bertz CT molecular complexity index is 1190. The molecule has 1 unspecified atom stereocenters. The molecule has 0 aromatic carbocycles. The lowest BCUT2D eigenvalue weighted by Crippen LogP contribution is -2.30. The molecule has 0 aliphatic rings. The number of carbonyl (C=O) groups excluding carboxylic acids is 3. The van der Waals surface area contributed by atoms with Crippen LogP contribution in [0.25, 0.3) is 0 Å². The summed E-state index contributed by atoms with van der Waals surface area (Å²) in [7, 11) is 0. The third-order valence-electron chi connectivity index (χ3n) is 11.2. The Labute approximate surface area is 389 Å². The molecule has 0 aromatic rings. The van der Waals surface area contributed by atoms with E-state index in [4.69, 9.17) is 14.2 Å². The monoisotopic (exact) mass is 879 g/mol. The highest BCUT2D eigenvalue weighted by atomic mass is 16.6. The summed E-state index contributed by atoms with van der Waals surface area (Å²) >= 11 is 0. The molecule has 0 saturated carbocycles. The fraction of sp³-hybridized carbons (Fsp3) is 0.737. The van der Waals surface area contributed by atoms with E-state index in [-0.39, 0.29) is 37.5 Å². The van der Waals surface area contributed by atoms with Crippen LogP contribution in [0.4, 0.5) is 0 Å². The molecule has 0 heterocycles. The smallest absolute Gasteiger partial charge is 0.306 e. The topological polar surface area (TPSA) is 78.9 Å². The number of unbranched alkanes of at least 4 members (excludes halogenated alkanes) is 24. The quantitative estimate of drug-likeness (QED) is 0.0262. The first-order chi connectivity index (χ1) is 31.0. The summed E-state index contributed by atoms with van der Waals surface area (Å²) in [6.45, 7) is 6.46. The molecule has 0 amide bonds. The number of esters is 3. The van der Waals surface area contributed by atoms with Crippen LogP contribution in [0.5, 0.6) is 0 Å². The second kappa shape index (κ2) is 51.5. The fourth-order valence-corrected chi connectivity index (χ4v) is 7.24. The van der Waals surface area contributed by atoms with Gasteiger partial charge in [0, 0.05) is 19.3 Å². The molecule has 63 heavy (non-hydrogen) atoms. The van der Waals surface area contributed by atoms with Gasteiger partial charge >= 0.3 is 17.9 Å². The maximum absolute atomic E-state index is 12.8. The normalized spacial score (nSPS) is 12.6. The number of carbonyl (C=O) groups is 3. The third-order valence-corrected chi connectivity index (χ3v) is 11.2. The zero-order valence-electron chi connectivity index (χ0n) is 41.3. The van der Waals surface area contributed by atoms with E-state index in [1.165, 1.54) is 128 Å². The average Bonchev–Trinajstić information content (AvgIpc) is 3.28. The minimum atomic E-state index is -0.804. The molecule has 0 aliphatic carbocycles. The lowest BCUT2D eigenvalue weighted by Gasteiger charge is -2.18. The Hall–Kier alpha value is -3.15. The first-order valence-electron chi connectivity index (χ1n) is 26.4. The van der Waals surface area contributed by atoms with Crippen LogP contribution in [0.2, 0.25) is 0 Å². The van der Waals surface area contributed by atoms with E-state index in [0.29, 0.717) is 19.3 Å². The van der Waals surface area contributed by atoms with Gasteiger partial charge in [0.15, 0.2) is 6.10 Å². The summed E-state index contributed by atoms with van der Waals surface area (Å²) in [4.78, 5) is 37.9. The molecule has 0 aromatic heterocycles. The Morgan fingerprint density at radius 1 is 0.333 bits per heavy atom. The van der Waals surface area contributed by atoms with Crippen molar-refractivity contribution in [1.82, 2.24) is 0 Å². The van der Waals surface area contributed by atoms with E-state index >= 15 is 0 Å². The molecule has 0 fully saturated rings. The second-order valence-electron chi connectivity index (χ2n) is 17.4. The maximum Gasteiger partial charge on any atom is 0.306 e. The molecule has 0 aliphatic heterocycles. The first kappa shape index (κ1) is 59.9. The summed E-state index contributed by atoms with van der Waals surface area (Å²) in [6.07, 6.45) is 64.7. The molecule has 0 spiro atoms. The number of hydrogen-bond donors (Lipinski definition) is 0. The van der Waals surface area contributed by atoms with Gasteiger partial charge in [-0.1, -0.05) is 222 Å².